The zero-order valence-corrected chi connectivity index (χ0v) is 17.8. The molecule has 0 amide bonds. The van der Waals surface area contributed by atoms with Gasteiger partial charge in [0, 0.05) is 37.8 Å². The molecule has 2 saturated carbocycles. The van der Waals surface area contributed by atoms with Crippen molar-refractivity contribution in [2.75, 3.05) is 26.2 Å². The SMILES string of the molecule is Fc1ccccc1[C@@H](c1nnnn1C1CCCC1)N1CCN(C2CCCCC2)CC1. The number of benzene rings is 1. The lowest BCUT2D eigenvalue weighted by Gasteiger charge is -2.43. The molecule has 1 aliphatic heterocycles. The predicted octanol–water partition coefficient (Wildman–Crippen LogP) is 3.97. The second kappa shape index (κ2) is 9.10. The highest BCUT2D eigenvalue weighted by atomic mass is 19.1. The Morgan fingerprint density at radius 3 is 2.23 bits per heavy atom. The van der Waals surface area contributed by atoms with Crippen LogP contribution in [0.1, 0.15) is 81.3 Å². The largest absolute Gasteiger partial charge is 0.298 e. The van der Waals surface area contributed by atoms with Gasteiger partial charge < -0.3 is 0 Å². The summed E-state index contributed by atoms with van der Waals surface area (Å²) in [5.41, 5.74) is 0.692. The second-order valence-electron chi connectivity index (χ2n) is 9.21. The maximum Gasteiger partial charge on any atom is 0.173 e. The number of hydrogen-bond donors (Lipinski definition) is 0. The third-order valence-corrected chi connectivity index (χ3v) is 7.44. The van der Waals surface area contributed by atoms with Crippen LogP contribution in [0.15, 0.2) is 24.3 Å². The van der Waals surface area contributed by atoms with Crippen LogP contribution in [0.3, 0.4) is 0 Å². The highest BCUT2D eigenvalue weighted by Gasteiger charge is 2.35. The first-order chi connectivity index (χ1) is 14.8. The zero-order valence-electron chi connectivity index (χ0n) is 17.8. The standard InChI is InChI=1S/C23H33FN6/c24-21-13-7-6-12-20(21)22(23-25-26-27-30(23)19-10-4-5-11-19)29-16-14-28(15-17-29)18-8-2-1-3-9-18/h6-7,12-13,18-19,22H,1-5,8-11,14-17H2/t22-/m0/s1. The smallest absolute Gasteiger partial charge is 0.173 e. The van der Waals surface area contributed by atoms with Gasteiger partial charge in [0.15, 0.2) is 5.82 Å². The summed E-state index contributed by atoms with van der Waals surface area (Å²) in [4.78, 5) is 5.06. The van der Waals surface area contributed by atoms with Crippen LogP contribution in [-0.4, -0.2) is 62.2 Å². The lowest BCUT2D eigenvalue weighted by molar-refractivity contribution is 0.0608. The number of tetrazole rings is 1. The van der Waals surface area contributed by atoms with Gasteiger partial charge in [0.05, 0.1) is 6.04 Å². The van der Waals surface area contributed by atoms with E-state index in [-0.39, 0.29) is 11.9 Å². The van der Waals surface area contributed by atoms with Gasteiger partial charge in [-0.15, -0.1) is 5.10 Å². The van der Waals surface area contributed by atoms with Gasteiger partial charge in [0.25, 0.3) is 0 Å². The van der Waals surface area contributed by atoms with Gasteiger partial charge in [0.1, 0.15) is 11.9 Å². The molecule has 2 aliphatic carbocycles. The van der Waals surface area contributed by atoms with Gasteiger partial charge in [-0.25, -0.2) is 9.07 Å². The first-order valence-electron chi connectivity index (χ1n) is 11.8. The molecule has 2 heterocycles. The van der Waals surface area contributed by atoms with E-state index in [1.807, 2.05) is 16.8 Å². The Hall–Kier alpha value is -1.86. The third kappa shape index (κ3) is 4.02. The van der Waals surface area contributed by atoms with Gasteiger partial charge in [-0.05, 0) is 42.2 Å². The molecule has 1 saturated heterocycles. The van der Waals surface area contributed by atoms with Crippen LogP contribution in [0.2, 0.25) is 0 Å². The summed E-state index contributed by atoms with van der Waals surface area (Å²) in [6, 6.07) is 8.00. The van der Waals surface area contributed by atoms with E-state index in [0.29, 0.717) is 11.6 Å². The fourth-order valence-electron chi connectivity index (χ4n) is 5.79. The van der Waals surface area contributed by atoms with Crippen molar-refractivity contribution in [1.29, 1.82) is 0 Å². The Kier molecular flexibility index (Phi) is 6.09. The predicted molar refractivity (Wildman–Crippen MR) is 114 cm³/mol. The van der Waals surface area contributed by atoms with Crippen molar-refractivity contribution in [1.82, 2.24) is 30.0 Å². The average Bonchev–Trinajstić information content (AvgIpc) is 3.48. The fourth-order valence-corrected chi connectivity index (χ4v) is 5.79. The zero-order chi connectivity index (χ0) is 20.3. The summed E-state index contributed by atoms with van der Waals surface area (Å²) in [5.74, 6) is 0.635. The minimum atomic E-state index is -0.227. The maximum atomic E-state index is 14.9. The normalized spacial score (nSPS) is 23.8. The number of halogens is 1. The van der Waals surface area contributed by atoms with Crippen LogP contribution >= 0.6 is 0 Å². The molecule has 30 heavy (non-hydrogen) atoms. The minimum Gasteiger partial charge on any atom is -0.298 e. The summed E-state index contributed by atoms with van der Waals surface area (Å²) in [5, 5.41) is 12.8. The van der Waals surface area contributed by atoms with E-state index in [9.17, 15) is 4.39 Å². The molecule has 3 fully saturated rings. The summed E-state index contributed by atoms with van der Waals surface area (Å²) < 4.78 is 16.9. The molecule has 2 aromatic rings. The monoisotopic (exact) mass is 412 g/mol. The van der Waals surface area contributed by atoms with Crippen LogP contribution in [0.4, 0.5) is 4.39 Å². The summed E-state index contributed by atoms with van der Waals surface area (Å²) in [6.07, 6.45) is 11.4. The maximum absolute atomic E-state index is 14.9. The van der Waals surface area contributed by atoms with E-state index in [0.717, 1.165) is 50.9 Å². The number of nitrogens with zero attached hydrogens (tertiary/aromatic N) is 6. The van der Waals surface area contributed by atoms with E-state index in [4.69, 9.17) is 0 Å². The topological polar surface area (TPSA) is 50.1 Å². The molecule has 3 aliphatic rings. The molecule has 0 radical (unpaired) electrons. The molecule has 0 spiro atoms. The van der Waals surface area contributed by atoms with E-state index >= 15 is 0 Å². The molecule has 0 unspecified atom stereocenters. The van der Waals surface area contributed by atoms with Crippen LogP contribution in [-0.2, 0) is 0 Å². The van der Waals surface area contributed by atoms with Crippen molar-refractivity contribution in [3.63, 3.8) is 0 Å². The molecular formula is C23H33FN6. The molecule has 162 valence electrons. The first-order valence-corrected chi connectivity index (χ1v) is 11.8. The Labute approximate surface area is 178 Å². The summed E-state index contributed by atoms with van der Waals surface area (Å²) in [6.45, 7) is 3.93. The molecule has 1 aromatic heterocycles. The van der Waals surface area contributed by atoms with Crippen molar-refractivity contribution in [3.05, 3.63) is 41.5 Å². The molecule has 1 aromatic carbocycles. The quantitative estimate of drug-likeness (QED) is 0.744. The van der Waals surface area contributed by atoms with E-state index in [2.05, 4.69) is 25.3 Å². The van der Waals surface area contributed by atoms with Gasteiger partial charge in [-0.2, -0.15) is 0 Å². The molecule has 7 heteroatoms. The van der Waals surface area contributed by atoms with Gasteiger partial charge in [0.2, 0.25) is 0 Å². The van der Waals surface area contributed by atoms with Gasteiger partial charge >= 0.3 is 0 Å². The lowest BCUT2D eigenvalue weighted by atomic mass is 9.93. The first kappa shape index (κ1) is 20.1. The van der Waals surface area contributed by atoms with Crippen LogP contribution in [0, 0.1) is 5.82 Å². The van der Waals surface area contributed by atoms with E-state index in [1.54, 1.807) is 12.1 Å². The molecule has 1 atom stereocenters. The van der Waals surface area contributed by atoms with Gasteiger partial charge in [-0.3, -0.25) is 9.80 Å². The van der Waals surface area contributed by atoms with Gasteiger partial charge in [-0.1, -0.05) is 50.3 Å². The Morgan fingerprint density at radius 1 is 0.833 bits per heavy atom. The van der Waals surface area contributed by atoms with Crippen LogP contribution < -0.4 is 0 Å². The highest BCUT2D eigenvalue weighted by molar-refractivity contribution is 5.27. The molecule has 5 rings (SSSR count). The average molecular weight is 413 g/mol. The number of piperazine rings is 1. The number of hydrogen-bond acceptors (Lipinski definition) is 5. The summed E-state index contributed by atoms with van der Waals surface area (Å²) in [7, 11) is 0. The third-order valence-electron chi connectivity index (χ3n) is 7.44. The Balaban J connectivity index is 1.41. The second-order valence-corrected chi connectivity index (χ2v) is 9.21. The van der Waals surface area contributed by atoms with Crippen molar-refractivity contribution in [3.8, 4) is 0 Å². The molecule has 0 N–H and O–H groups in total. The van der Waals surface area contributed by atoms with Crippen molar-refractivity contribution in [2.45, 2.75) is 75.9 Å². The van der Waals surface area contributed by atoms with Crippen molar-refractivity contribution < 1.29 is 4.39 Å². The molecule has 0 bridgehead atoms. The Morgan fingerprint density at radius 2 is 1.50 bits per heavy atom. The highest BCUT2D eigenvalue weighted by Crippen LogP contribution is 2.35. The van der Waals surface area contributed by atoms with E-state index < -0.39 is 0 Å². The van der Waals surface area contributed by atoms with Crippen molar-refractivity contribution >= 4 is 0 Å². The Bertz CT molecular complexity index is 819. The lowest BCUT2D eigenvalue weighted by Crippen LogP contribution is -2.52. The number of aromatic nitrogens is 4. The number of rotatable bonds is 5. The molecule has 6 nitrogen and oxygen atoms in total. The van der Waals surface area contributed by atoms with Crippen LogP contribution in [0.25, 0.3) is 0 Å². The van der Waals surface area contributed by atoms with Crippen molar-refractivity contribution in [2.24, 2.45) is 0 Å². The fraction of sp³-hybridized carbons (Fsp3) is 0.696. The van der Waals surface area contributed by atoms with Crippen LogP contribution in [0.5, 0.6) is 0 Å². The molecular weight excluding hydrogens is 379 g/mol. The summed E-state index contributed by atoms with van der Waals surface area (Å²) >= 11 is 0. The van der Waals surface area contributed by atoms with E-state index in [1.165, 1.54) is 44.9 Å². The minimum absolute atomic E-state index is 0.168.